The lowest BCUT2D eigenvalue weighted by Crippen LogP contribution is -2.25. The van der Waals surface area contributed by atoms with Crippen LogP contribution in [0.2, 0.25) is 0 Å². The first-order valence-corrected chi connectivity index (χ1v) is 12.5. The Hall–Kier alpha value is -3.87. The van der Waals surface area contributed by atoms with Crippen LogP contribution < -0.4 is 5.32 Å². The van der Waals surface area contributed by atoms with Gasteiger partial charge in [-0.25, -0.2) is 14.6 Å². The standard InChI is InChI=1S/C28H28N6O/c35-27(30-15-5-7-19-6-4-14-29-16-19)24-18-32-34(26(24)21-12-13-21)28-31-17-22-10-3-9-20-8-1-2-11-23(20)25(22)33-28/h1-2,4,6,8,11,14,16-18,21H,3,5,7,9-10,12-13,15H2,(H,30,35). The largest absolute Gasteiger partial charge is 0.352 e. The second-order valence-electron chi connectivity index (χ2n) is 9.40. The molecular formula is C28H28N6O. The van der Waals surface area contributed by atoms with E-state index in [2.05, 4.69) is 50.7 Å². The van der Waals surface area contributed by atoms with Crippen LogP contribution in [-0.2, 0) is 19.3 Å². The third-order valence-corrected chi connectivity index (χ3v) is 6.87. The Balaban J connectivity index is 1.25. The highest BCUT2D eigenvalue weighted by Gasteiger charge is 2.33. The number of nitrogens with one attached hydrogen (secondary N) is 1. The fourth-order valence-electron chi connectivity index (χ4n) is 4.93. The summed E-state index contributed by atoms with van der Waals surface area (Å²) < 4.78 is 1.79. The molecule has 1 fully saturated rings. The lowest BCUT2D eigenvalue weighted by molar-refractivity contribution is 0.0952. The molecule has 35 heavy (non-hydrogen) atoms. The van der Waals surface area contributed by atoms with E-state index >= 15 is 0 Å². The zero-order valence-corrected chi connectivity index (χ0v) is 19.7. The summed E-state index contributed by atoms with van der Waals surface area (Å²) in [5.41, 5.74) is 7.40. The minimum absolute atomic E-state index is 0.0792. The summed E-state index contributed by atoms with van der Waals surface area (Å²) in [7, 11) is 0. The molecule has 1 saturated carbocycles. The zero-order valence-electron chi connectivity index (χ0n) is 19.7. The number of carbonyl (C=O) groups excluding carboxylic acids is 1. The average molecular weight is 465 g/mol. The fraction of sp³-hybridized carbons (Fsp3) is 0.321. The number of aryl methyl sites for hydroxylation is 3. The second-order valence-corrected chi connectivity index (χ2v) is 9.40. The monoisotopic (exact) mass is 464 g/mol. The summed E-state index contributed by atoms with van der Waals surface area (Å²) in [6.45, 7) is 0.606. The van der Waals surface area contributed by atoms with E-state index in [1.165, 1.54) is 22.3 Å². The predicted octanol–water partition coefficient (Wildman–Crippen LogP) is 4.45. The van der Waals surface area contributed by atoms with Crippen molar-refractivity contribution in [3.8, 4) is 17.2 Å². The van der Waals surface area contributed by atoms with Crippen molar-refractivity contribution < 1.29 is 4.79 Å². The Morgan fingerprint density at radius 3 is 2.77 bits per heavy atom. The average Bonchev–Trinajstić information content (AvgIpc) is 3.68. The molecule has 7 heteroatoms. The molecular weight excluding hydrogens is 436 g/mol. The molecule has 0 unspecified atom stereocenters. The van der Waals surface area contributed by atoms with Crippen LogP contribution in [0.15, 0.2) is 61.2 Å². The Labute approximate surface area is 204 Å². The van der Waals surface area contributed by atoms with Gasteiger partial charge in [-0.15, -0.1) is 0 Å². The number of fused-ring (bicyclic) bond motifs is 3. The molecule has 0 aliphatic heterocycles. The number of amides is 1. The van der Waals surface area contributed by atoms with Gasteiger partial charge in [-0.2, -0.15) is 5.10 Å². The van der Waals surface area contributed by atoms with Crippen LogP contribution in [-0.4, -0.2) is 37.2 Å². The molecule has 0 bridgehead atoms. The van der Waals surface area contributed by atoms with E-state index in [0.717, 1.165) is 56.3 Å². The third kappa shape index (κ3) is 4.46. The van der Waals surface area contributed by atoms with E-state index in [-0.39, 0.29) is 5.91 Å². The molecule has 2 aliphatic carbocycles. The van der Waals surface area contributed by atoms with Crippen molar-refractivity contribution in [2.24, 2.45) is 0 Å². The Morgan fingerprint density at radius 2 is 1.91 bits per heavy atom. The number of hydrogen-bond donors (Lipinski definition) is 1. The summed E-state index contributed by atoms with van der Waals surface area (Å²) in [6, 6.07) is 12.5. The molecule has 1 N–H and O–H groups in total. The highest BCUT2D eigenvalue weighted by Crippen LogP contribution is 2.42. The summed E-state index contributed by atoms with van der Waals surface area (Å²) in [4.78, 5) is 26.9. The predicted molar refractivity (Wildman–Crippen MR) is 133 cm³/mol. The molecule has 3 aromatic heterocycles. The first kappa shape index (κ1) is 21.6. The number of pyridine rings is 1. The number of hydrogen-bond acceptors (Lipinski definition) is 5. The first-order valence-electron chi connectivity index (χ1n) is 12.5. The number of nitrogens with zero attached hydrogens (tertiary/aromatic N) is 5. The topological polar surface area (TPSA) is 85.6 Å². The van der Waals surface area contributed by atoms with Gasteiger partial charge in [0.2, 0.25) is 0 Å². The number of benzene rings is 1. The summed E-state index contributed by atoms with van der Waals surface area (Å²) in [5.74, 6) is 0.783. The lowest BCUT2D eigenvalue weighted by atomic mass is 10.0. The van der Waals surface area contributed by atoms with Crippen molar-refractivity contribution in [3.63, 3.8) is 0 Å². The van der Waals surface area contributed by atoms with E-state index in [1.54, 1.807) is 17.1 Å². The van der Waals surface area contributed by atoms with Crippen molar-refractivity contribution in [1.29, 1.82) is 0 Å². The molecule has 4 aromatic rings. The molecule has 176 valence electrons. The van der Waals surface area contributed by atoms with Crippen molar-refractivity contribution in [3.05, 3.63) is 89.1 Å². The number of carbonyl (C=O) groups is 1. The number of aromatic nitrogens is 5. The van der Waals surface area contributed by atoms with Gasteiger partial charge in [0.25, 0.3) is 11.9 Å². The maximum absolute atomic E-state index is 13.1. The maximum atomic E-state index is 13.1. The minimum Gasteiger partial charge on any atom is -0.352 e. The van der Waals surface area contributed by atoms with Crippen LogP contribution in [0.4, 0.5) is 0 Å². The minimum atomic E-state index is -0.0792. The van der Waals surface area contributed by atoms with Crippen LogP contribution in [0.5, 0.6) is 0 Å². The van der Waals surface area contributed by atoms with Gasteiger partial charge in [0.1, 0.15) is 0 Å². The van der Waals surface area contributed by atoms with Gasteiger partial charge in [0, 0.05) is 36.6 Å². The van der Waals surface area contributed by atoms with Gasteiger partial charge in [-0.1, -0.05) is 30.3 Å². The molecule has 0 radical (unpaired) electrons. The fourth-order valence-corrected chi connectivity index (χ4v) is 4.93. The number of rotatable bonds is 7. The molecule has 3 heterocycles. The SMILES string of the molecule is O=C(NCCCc1cccnc1)c1cnn(-c2ncc3c(n2)-c2ccccc2CCC3)c1C1CC1. The molecule has 0 atom stereocenters. The van der Waals surface area contributed by atoms with Gasteiger partial charge in [0.05, 0.1) is 23.1 Å². The second kappa shape index (κ2) is 9.41. The first-order chi connectivity index (χ1) is 17.3. The summed E-state index contributed by atoms with van der Waals surface area (Å²) in [5, 5.41) is 7.67. The molecule has 2 aliphatic rings. The van der Waals surface area contributed by atoms with Crippen molar-refractivity contribution in [1.82, 2.24) is 30.0 Å². The van der Waals surface area contributed by atoms with Gasteiger partial charge >= 0.3 is 0 Å². The Bertz CT molecular complexity index is 1360. The van der Waals surface area contributed by atoms with Crippen molar-refractivity contribution in [2.75, 3.05) is 6.54 Å². The van der Waals surface area contributed by atoms with Gasteiger partial charge in [-0.3, -0.25) is 9.78 Å². The van der Waals surface area contributed by atoms with E-state index in [4.69, 9.17) is 4.98 Å². The smallest absolute Gasteiger partial charge is 0.254 e. The van der Waals surface area contributed by atoms with Gasteiger partial charge in [0.15, 0.2) is 0 Å². The maximum Gasteiger partial charge on any atom is 0.254 e. The normalized spacial score (nSPS) is 14.6. The van der Waals surface area contributed by atoms with Crippen LogP contribution in [0.3, 0.4) is 0 Å². The van der Waals surface area contributed by atoms with Crippen molar-refractivity contribution >= 4 is 5.91 Å². The quantitative estimate of drug-likeness (QED) is 0.408. The van der Waals surface area contributed by atoms with E-state index in [0.29, 0.717) is 24.0 Å². The summed E-state index contributed by atoms with van der Waals surface area (Å²) >= 11 is 0. The van der Waals surface area contributed by atoms with Crippen molar-refractivity contribution in [2.45, 2.75) is 50.9 Å². The van der Waals surface area contributed by atoms with E-state index in [1.807, 2.05) is 18.5 Å². The Morgan fingerprint density at radius 1 is 1.03 bits per heavy atom. The van der Waals surface area contributed by atoms with Gasteiger partial charge in [-0.05, 0) is 67.7 Å². The van der Waals surface area contributed by atoms with E-state index < -0.39 is 0 Å². The molecule has 0 saturated heterocycles. The molecule has 7 nitrogen and oxygen atoms in total. The third-order valence-electron chi connectivity index (χ3n) is 6.87. The highest BCUT2D eigenvalue weighted by molar-refractivity contribution is 5.95. The summed E-state index contributed by atoms with van der Waals surface area (Å²) in [6.07, 6.45) is 14.2. The van der Waals surface area contributed by atoms with E-state index in [9.17, 15) is 4.79 Å². The Kier molecular flexibility index (Phi) is 5.82. The molecule has 1 aromatic carbocycles. The van der Waals surface area contributed by atoms with Crippen LogP contribution in [0.25, 0.3) is 17.2 Å². The highest BCUT2D eigenvalue weighted by atomic mass is 16.1. The van der Waals surface area contributed by atoms with Crippen LogP contribution in [0.1, 0.15) is 64.3 Å². The van der Waals surface area contributed by atoms with Crippen LogP contribution in [0, 0.1) is 0 Å². The molecule has 0 spiro atoms. The molecule has 6 rings (SSSR count). The lowest BCUT2D eigenvalue weighted by Gasteiger charge is -2.12. The van der Waals surface area contributed by atoms with Gasteiger partial charge < -0.3 is 5.32 Å². The van der Waals surface area contributed by atoms with Crippen LogP contribution >= 0.6 is 0 Å². The zero-order chi connectivity index (χ0) is 23.6. The molecule has 1 amide bonds.